The van der Waals surface area contributed by atoms with E-state index in [1.54, 1.807) is 12.1 Å². The van der Waals surface area contributed by atoms with Crippen molar-refractivity contribution in [3.8, 4) is 0 Å². The summed E-state index contributed by atoms with van der Waals surface area (Å²) in [5.74, 6) is 0. The Morgan fingerprint density at radius 3 is 2.64 bits per heavy atom. The van der Waals surface area contributed by atoms with E-state index in [0.717, 1.165) is 5.56 Å². The Kier molecular flexibility index (Phi) is 2.86. The number of nitro benzene ring substituents is 1. The van der Waals surface area contributed by atoms with E-state index in [1.807, 2.05) is 20.2 Å². The Morgan fingerprint density at radius 1 is 1.50 bits per heavy atom. The smallest absolute Gasteiger partial charge is 0.269 e. The molecule has 0 aliphatic heterocycles. The number of non-ortho nitro benzene ring substituents is 1. The van der Waals surface area contributed by atoms with Gasteiger partial charge in [-0.1, -0.05) is 12.1 Å². The highest BCUT2D eigenvalue weighted by Crippen LogP contribution is 2.15. The van der Waals surface area contributed by atoms with Gasteiger partial charge < -0.3 is 4.48 Å². The zero-order valence-electron chi connectivity index (χ0n) is 8.30. The van der Waals surface area contributed by atoms with Crippen LogP contribution in [0.4, 0.5) is 5.69 Å². The van der Waals surface area contributed by atoms with Gasteiger partial charge in [-0.2, -0.15) is 0 Å². The molecule has 0 atom stereocenters. The first-order chi connectivity index (χ1) is 6.38. The lowest BCUT2D eigenvalue weighted by Crippen LogP contribution is -2.30. The van der Waals surface area contributed by atoms with Gasteiger partial charge in [-0.25, -0.2) is 7.05 Å². The van der Waals surface area contributed by atoms with Gasteiger partial charge in [-0.05, 0) is 0 Å². The van der Waals surface area contributed by atoms with Crippen LogP contribution < -0.4 is 0 Å². The van der Waals surface area contributed by atoms with Crippen LogP contribution in [-0.2, 0) is 6.54 Å². The molecule has 0 unspecified atom stereocenters. The second-order valence-electron chi connectivity index (χ2n) is 3.86. The van der Waals surface area contributed by atoms with Crippen molar-refractivity contribution in [3.05, 3.63) is 47.0 Å². The maximum Gasteiger partial charge on any atom is 0.269 e. The molecule has 1 aromatic carbocycles. The minimum Gasteiger partial charge on any atom is -0.478 e. The second-order valence-corrected chi connectivity index (χ2v) is 3.86. The quantitative estimate of drug-likeness (QED) is 0.318. The van der Waals surface area contributed by atoms with E-state index < -0.39 is 4.92 Å². The highest BCUT2D eigenvalue weighted by atomic mass is 16.6. The van der Waals surface area contributed by atoms with Crippen molar-refractivity contribution in [2.75, 3.05) is 14.1 Å². The number of hydrogen-bond donors (Lipinski definition) is 0. The molecule has 4 nitrogen and oxygen atoms in total. The number of nitrogens with zero attached hydrogens (tertiary/aromatic N) is 2. The minimum absolute atomic E-state index is 0.107. The summed E-state index contributed by atoms with van der Waals surface area (Å²) in [6.45, 7) is 0.571. The van der Waals surface area contributed by atoms with Crippen molar-refractivity contribution >= 4 is 5.69 Å². The molecular weight excluding hydrogens is 180 g/mol. The van der Waals surface area contributed by atoms with Crippen molar-refractivity contribution in [2.24, 2.45) is 0 Å². The van der Waals surface area contributed by atoms with Crippen LogP contribution in [0.1, 0.15) is 5.56 Å². The molecule has 75 valence electrons. The van der Waals surface area contributed by atoms with Crippen LogP contribution in [0.3, 0.4) is 0 Å². The maximum atomic E-state index is 10.5. The van der Waals surface area contributed by atoms with E-state index in [0.29, 0.717) is 6.54 Å². The fraction of sp³-hybridized carbons (Fsp3) is 0.300. The summed E-state index contributed by atoms with van der Waals surface area (Å²) in [6.07, 6.45) is 0. The van der Waals surface area contributed by atoms with Crippen LogP contribution in [-0.4, -0.2) is 23.5 Å². The molecule has 14 heavy (non-hydrogen) atoms. The topological polar surface area (TPSA) is 43.1 Å². The average Bonchev–Trinajstić information content (AvgIpc) is 2.01. The van der Waals surface area contributed by atoms with E-state index in [9.17, 15) is 10.1 Å². The molecule has 0 saturated heterocycles. The molecule has 0 fully saturated rings. The van der Waals surface area contributed by atoms with Crippen molar-refractivity contribution < 1.29 is 9.41 Å². The number of quaternary nitrogens is 1. The average molecular weight is 193 g/mol. The van der Waals surface area contributed by atoms with Crippen LogP contribution in [0.2, 0.25) is 0 Å². The van der Waals surface area contributed by atoms with Crippen LogP contribution in [0.15, 0.2) is 24.3 Å². The van der Waals surface area contributed by atoms with Gasteiger partial charge in [-0.3, -0.25) is 10.1 Å². The molecule has 0 saturated carbocycles. The van der Waals surface area contributed by atoms with Gasteiger partial charge in [0.25, 0.3) is 5.69 Å². The van der Waals surface area contributed by atoms with Crippen molar-refractivity contribution in [2.45, 2.75) is 6.54 Å². The minimum atomic E-state index is -0.403. The third kappa shape index (κ3) is 3.14. The van der Waals surface area contributed by atoms with Gasteiger partial charge in [0.05, 0.1) is 11.5 Å². The molecule has 1 aromatic rings. The van der Waals surface area contributed by atoms with Gasteiger partial charge in [0.2, 0.25) is 0 Å². The third-order valence-corrected chi connectivity index (χ3v) is 1.71. The maximum absolute atomic E-state index is 10.5. The summed E-state index contributed by atoms with van der Waals surface area (Å²) in [7, 11) is 9.43. The molecule has 4 heteroatoms. The first-order valence-corrected chi connectivity index (χ1v) is 4.23. The van der Waals surface area contributed by atoms with Gasteiger partial charge >= 0.3 is 0 Å². The molecule has 0 aromatic heterocycles. The Balaban J connectivity index is 2.89. The molecule has 0 amide bonds. The van der Waals surface area contributed by atoms with E-state index >= 15 is 0 Å². The second kappa shape index (κ2) is 3.75. The van der Waals surface area contributed by atoms with Gasteiger partial charge in [-0.15, -0.1) is 0 Å². The van der Waals surface area contributed by atoms with Gasteiger partial charge in [0.15, 0.2) is 0 Å². The van der Waals surface area contributed by atoms with E-state index in [4.69, 9.17) is 7.05 Å². The molecule has 0 aliphatic carbocycles. The van der Waals surface area contributed by atoms with Gasteiger partial charge in [0.1, 0.15) is 0 Å². The first-order valence-electron chi connectivity index (χ1n) is 4.23. The summed E-state index contributed by atoms with van der Waals surface area (Å²) < 4.78 is 0.265. The van der Waals surface area contributed by atoms with Gasteiger partial charge in [0, 0.05) is 31.8 Å². The predicted molar refractivity (Wildman–Crippen MR) is 53.2 cm³/mol. The highest BCUT2D eigenvalue weighted by Gasteiger charge is 2.08. The summed E-state index contributed by atoms with van der Waals surface area (Å²) >= 11 is 0. The van der Waals surface area contributed by atoms with Crippen LogP contribution >= 0.6 is 0 Å². The molecule has 1 radical (unpaired) electrons. The van der Waals surface area contributed by atoms with Crippen molar-refractivity contribution in [1.29, 1.82) is 0 Å². The van der Waals surface area contributed by atoms with Crippen molar-refractivity contribution in [3.63, 3.8) is 0 Å². The Hall–Kier alpha value is -1.42. The Labute approximate surface area is 83.5 Å². The van der Waals surface area contributed by atoms with E-state index in [1.165, 1.54) is 6.07 Å². The fourth-order valence-corrected chi connectivity index (χ4v) is 1.24. The first kappa shape index (κ1) is 10.7. The third-order valence-electron chi connectivity index (χ3n) is 1.71. The highest BCUT2D eigenvalue weighted by molar-refractivity contribution is 5.33. The van der Waals surface area contributed by atoms with E-state index in [2.05, 4.69) is 0 Å². The largest absolute Gasteiger partial charge is 0.478 e. The van der Waals surface area contributed by atoms with Crippen LogP contribution in [0, 0.1) is 17.2 Å². The number of hydrogen-bond acceptors (Lipinski definition) is 2. The fourth-order valence-electron chi connectivity index (χ4n) is 1.24. The molecule has 1 rings (SSSR count). The number of rotatable bonds is 3. The summed E-state index contributed by atoms with van der Waals surface area (Å²) in [5.41, 5.74) is 0.975. The van der Waals surface area contributed by atoms with Crippen LogP contribution in [0.5, 0.6) is 0 Å². The SMILES string of the molecule is [CH-][N+](C)(C)Cc1cccc([N+](=O)[O-])c1. The van der Waals surface area contributed by atoms with E-state index in [-0.39, 0.29) is 10.2 Å². The standard InChI is InChI=1S/C10H13N2O2/c1-12(2,3)8-9-5-4-6-10(7-9)11(13)14/h1,4-7H,8H2,2-3H3. The molecule has 0 N–H and O–H groups in total. The molecule has 0 bridgehead atoms. The predicted octanol–water partition coefficient (Wildman–Crippen LogP) is 1.84. The molecule has 0 aliphatic rings. The lowest BCUT2D eigenvalue weighted by Gasteiger charge is -2.34. The summed E-state index contributed by atoms with van der Waals surface area (Å²) in [4.78, 5) is 10.1. The zero-order valence-corrected chi connectivity index (χ0v) is 8.30. The summed E-state index contributed by atoms with van der Waals surface area (Å²) in [5, 5.41) is 10.5. The molecule has 0 heterocycles. The summed E-state index contributed by atoms with van der Waals surface area (Å²) in [6, 6.07) is 6.52. The number of nitro groups is 1. The van der Waals surface area contributed by atoms with Crippen LogP contribution in [0.25, 0.3) is 0 Å². The Morgan fingerprint density at radius 2 is 2.14 bits per heavy atom. The monoisotopic (exact) mass is 193 g/mol. The Bertz CT molecular complexity index is 342. The lowest BCUT2D eigenvalue weighted by atomic mass is 10.2. The zero-order chi connectivity index (χ0) is 10.8. The molecular formula is C10H13N2O2. The molecule has 0 spiro atoms. The number of benzene rings is 1. The normalized spacial score (nSPS) is 11.4. The lowest BCUT2D eigenvalue weighted by molar-refractivity contribution is -0.859. The van der Waals surface area contributed by atoms with Crippen molar-refractivity contribution in [1.82, 2.24) is 0 Å².